The van der Waals surface area contributed by atoms with E-state index in [4.69, 9.17) is 4.42 Å². The fraction of sp³-hybridized carbons (Fsp3) is 0.0714. The van der Waals surface area contributed by atoms with Crippen LogP contribution in [0.25, 0.3) is 22.7 Å². The predicted octanol–water partition coefficient (Wildman–Crippen LogP) is 2.63. The highest BCUT2D eigenvalue weighted by atomic mass is 16.3. The van der Waals surface area contributed by atoms with Gasteiger partial charge in [-0.15, -0.1) is 0 Å². The van der Waals surface area contributed by atoms with Crippen molar-refractivity contribution in [3.05, 3.63) is 48.2 Å². The van der Waals surface area contributed by atoms with E-state index in [2.05, 4.69) is 9.97 Å². The fourth-order valence-electron chi connectivity index (χ4n) is 1.77. The van der Waals surface area contributed by atoms with Crippen molar-refractivity contribution >= 4 is 17.5 Å². The number of fused-ring (bicyclic) bond motifs is 1. The Morgan fingerprint density at radius 2 is 2.06 bits per heavy atom. The molecular weight excluding hydrogens is 228 g/mol. The van der Waals surface area contributed by atoms with E-state index in [9.17, 15) is 4.79 Å². The summed E-state index contributed by atoms with van der Waals surface area (Å²) >= 11 is 0. The molecule has 0 saturated carbocycles. The van der Waals surface area contributed by atoms with Gasteiger partial charge in [0.25, 0.3) is 0 Å². The number of nitrogens with zero attached hydrogens (tertiary/aromatic N) is 2. The van der Waals surface area contributed by atoms with Crippen molar-refractivity contribution in [2.24, 2.45) is 0 Å². The third-order valence-electron chi connectivity index (χ3n) is 2.64. The Labute approximate surface area is 103 Å². The third-order valence-corrected chi connectivity index (χ3v) is 2.64. The van der Waals surface area contributed by atoms with Gasteiger partial charge < -0.3 is 9.21 Å². The van der Waals surface area contributed by atoms with Crippen LogP contribution >= 0.6 is 0 Å². The van der Waals surface area contributed by atoms with Crippen LogP contribution in [0, 0.1) is 0 Å². The van der Waals surface area contributed by atoms with Gasteiger partial charge in [-0.2, -0.15) is 4.98 Å². The van der Waals surface area contributed by atoms with Crippen LogP contribution in [0.2, 0.25) is 0 Å². The predicted molar refractivity (Wildman–Crippen MR) is 67.0 cm³/mol. The number of rotatable bonds is 3. The number of aromatic nitrogens is 2. The molecule has 88 valence electrons. The van der Waals surface area contributed by atoms with Crippen LogP contribution in [0.1, 0.15) is 5.56 Å². The number of benzene rings is 1. The molecule has 0 atom stereocenters. The first-order valence-corrected chi connectivity index (χ1v) is 5.61. The molecule has 4 heteroatoms. The van der Waals surface area contributed by atoms with Crippen LogP contribution < -0.4 is 0 Å². The maximum absolute atomic E-state index is 10.5. The van der Waals surface area contributed by atoms with Crippen molar-refractivity contribution in [2.75, 3.05) is 0 Å². The molecule has 3 aromatic rings. The van der Waals surface area contributed by atoms with Crippen molar-refractivity contribution in [3.8, 4) is 11.5 Å². The summed E-state index contributed by atoms with van der Waals surface area (Å²) in [5.74, 6) is 0.543. The van der Waals surface area contributed by atoms with Crippen LogP contribution in [-0.4, -0.2) is 16.3 Å². The molecular formula is C14H10N2O2. The summed E-state index contributed by atoms with van der Waals surface area (Å²) in [7, 11) is 0. The zero-order valence-corrected chi connectivity index (χ0v) is 9.54. The van der Waals surface area contributed by atoms with Gasteiger partial charge in [-0.1, -0.05) is 18.2 Å². The summed E-state index contributed by atoms with van der Waals surface area (Å²) in [6.45, 7) is 0. The standard InChI is InChI=1S/C14H10N2O2/c17-7-6-10-8-12-13(15-9-10)16-14(18-12)11-4-2-1-3-5-11/h1-5,7-9H,6H2. The highest BCUT2D eigenvalue weighted by molar-refractivity contribution is 5.73. The Bertz CT molecular complexity index is 689. The number of hydrogen-bond donors (Lipinski definition) is 0. The summed E-state index contributed by atoms with van der Waals surface area (Å²) < 4.78 is 5.65. The van der Waals surface area contributed by atoms with Crippen molar-refractivity contribution in [2.45, 2.75) is 6.42 Å². The molecule has 0 radical (unpaired) electrons. The van der Waals surface area contributed by atoms with E-state index in [1.807, 2.05) is 30.3 Å². The zero-order valence-electron chi connectivity index (χ0n) is 9.54. The quantitative estimate of drug-likeness (QED) is 0.658. The highest BCUT2D eigenvalue weighted by Crippen LogP contribution is 2.23. The largest absolute Gasteiger partial charge is 0.434 e. The Balaban J connectivity index is 2.08. The average Bonchev–Trinajstić information content (AvgIpc) is 2.83. The Kier molecular flexibility index (Phi) is 2.61. The second kappa shape index (κ2) is 4.41. The topological polar surface area (TPSA) is 56.0 Å². The van der Waals surface area contributed by atoms with Crippen molar-refractivity contribution in [1.82, 2.24) is 9.97 Å². The van der Waals surface area contributed by atoms with E-state index in [1.54, 1.807) is 12.3 Å². The molecule has 0 N–H and O–H groups in total. The second-order valence-electron chi connectivity index (χ2n) is 3.92. The maximum atomic E-state index is 10.5. The number of carbonyl (C=O) groups excluding carboxylic acids is 1. The summed E-state index contributed by atoms with van der Waals surface area (Å²) in [4.78, 5) is 19.0. The molecule has 2 heterocycles. The highest BCUT2D eigenvalue weighted by Gasteiger charge is 2.09. The first kappa shape index (κ1) is 10.7. The van der Waals surface area contributed by atoms with Crippen molar-refractivity contribution < 1.29 is 9.21 Å². The minimum atomic E-state index is 0.338. The molecule has 0 spiro atoms. The van der Waals surface area contributed by atoms with Crippen molar-refractivity contribution in [1.29, 1.82) is 0 Å². The molecule has 0 bridgehead atoms. The molecule has 4 nitrogen and oxygen atoms in total. The first-order chi connectivity index (χ1) is 8.86. The molecule has 0 unspecified atom stereocenters. The smallest absolute Gasteiger partial charge is 0.228 e. The summed E-state index contributed by atoms with van der Waals surface area (Å²) in [6.07, 6.45) is 2.83. The number of hydrogen-bond acceptors (Lipinski definition) is 4. The van der Waals surface area contributed by atoms with Crippen LogP contribution in [-0.2, 0) is 11.2 Å². The van der Waals surface area contributed by atoms with Gasteiger partial charge in [0.2, 0.25) is 5.89 Å². The average molecular weight is 238 g/mol. The molecule has 0 aliphatic heterocycles. The molecule has 0 aliphatic carbocycles. The van der Waals surface area contributed by atoms with Crippen LogP contribution in [0.5, 0.6) is 0 Å². The number of aldehydes is 1. The molecule has 18 heavy (non-hydrogen) atoms. The summed E-state index contributed by atoms with van der Waals surface area (Å²) in [5, 5.41) is 0. The number of pyridine rings is 1. The summed E-state index contributed by atoms with van der Waals surface area (Å²) in [5.41, 5.74) is 2.90. The SMILES string of the molecule is O=CCc1cnc2nc(-c3ccccc3)oc2c1. The van der Waals surface area contributed by atoms with E-state index < -0.39 is 0 Å². The van der Waals surface area contributed by atoms with Gasteiger partial charge in [-0.25, -0.2) is 4.98 Å². The van der Waals surface area contributed by atoms with Gasteiger partial charge in [0.05, 0.1) is 0 Å². The van der Waals surface area contributed by atoms with Gasteiger partial charge in [-0.05, 0) is 23.8 Å². The lowest BCUT2D eigenvalue weighted by atomic mass is 10.2. The molecule has 3 rings (SSSR count). The second-order valence-corrected chi connectivity index (χ2v) is 3.92. The Hall–Kier alpha value is -2.49. The molecule has 1 aromatic carbocycles. The monoisotopic (exact) mass is 238 g/mol. The molecule has 0 saturated heterocycles. The van der Waals surface area contributed by atoms with E-state index in [1.165, 1.54) is 0 Å². The molecule has 0 fully saturated rings. The van der Waals surface area contributed by atoms with Gasteiger partial charge >= 0.3 is 0 Å². The van der Waals surface area contributed by atoms with E-state index in [0.29, 0.717) is 23.5 Å². The lowest BCUT2D eigenvalue weighted by molar-refractivity contribution is -0.107. The van der Waals surface area contributed by atoms with Gasteiger partial charge in [-0.3, -0.25) is 0 Å². The first-order valence-electron chi connectivity index (χ1n) is 5.61. The van der Waals surface area contributed by atoms with E-state index in [0.717, 1.165) is 17.4 Å². The lowest BCUT2D eigenvalue weighted by Gasteiger charge is -1.92. The molecule has 0 aliphatic rings. The Morgan fingerprint density at radius 1 is 1.22 bits per heavy atom. The van der Waals surface area contributed by atoms with E-state index in [-0.39, 0.29) is 0 Å². The van der Waals surface area contributed by atoms with Crippen LogP contribution in [0.3, 0.4) is 0 Å². The van der Waals surface area contributed by atoms with Gasteiger partial charge in [0.1, 0.15) is 6.29 Å². The maximum Gasteiger partial charge on any atom is 0.228 e. The van der Waals surface area contributed by atoms with Gasteiger partial charge in [0, 0.05) is 18.2 Å². The number of carbonyl (C=O) groups is 1. The minimum absolute atomic E-state index is 0.338. The summed E-state index contributed by atoms with van der Waals surface area (Å²) in [6, 6.07) is 11.4. The van der Waals surface area contributed by atoms with Crippen molar-refractivity contribution in [3.63, 3.8) is 0 Å². The van der Waals surface area contributed by atoms with Crippen LogP contribution in [0.4, 0.5) is 0 Å². The fourth-order valence-corrected chi connectivity index (χ4v) is 1.77. The Morgan fingerprint density at radius 3 is 2.83 bits per heavy atom. The molecule has 2 aromatic heterocycles. The normalized spacial score (nSPS) is 10.7. The lowest BCUT2D eigenvalue weighted by Crippen LogP contribution is -1.87. The third kappa shape index (κ3) is 1.88. The van der Waals surface area contributed by atoms with E-state index >= 15 is 0 Å². The zero-order chi connectivity index (χ0) is 12.4. The minimum Gasteiger partial charge on any atom is -0.434 e. The molecule has 0 amide bonds. The number of oxazole rings is 1. The van der Waals surface area contributed by atoms with Gasteiger partial charge in [0.15, 0.2) is 11.2 Å². The van der Waals surface area contributed by atoms with Crippen LogP contribution in [0.15, 0.2) is 47.0 Å².